The van der Waals surface area contributed by atoms with Crippen LogP contribution in [0.1, 0.15) is 0 Å². The second-order valence-corrected chi connectivity index (χ2v) is 11.0. The molecule has 2 rings (SSSR count). The van der Waals surface area contributed by atoms with Crippen molar-refractivity contribution in [2.75, 3.05) is 36.9 Å². The normalized spacial score (nSPS) is 13.1. The number of rotatable bonds is 5. The van der Waals surface area contributed by atoms with Crippen LogP contribution < -0.4 is 5.73 Å². The lowest BCUT2D eigenvalue weighted by atomic mass is 10.4. The quantitative estimate of drug-likeness (QED) is 0.624. The van der Waals surface area contributed by atoms with Crippen LogP contribution in [0.4, 0.5) is 5.82 Å². The fourth-order valence-corrected chi connectivity index (χ4v) is 3.14. The highest BCUT2D eigenvalue weighted by Crippen LogP contribution is 2.33. The van der Waals surface area contributed by atoms with Crippen molar-refractivity contribution in [2.24, 2.45) is 0 Å². The van der Waals surface area contributed by atoms with Gasteiger partial charge in [0.25, 0.3) is 0 Å². The van der Waals surface area contributed by atoms with Gasteiger partial charge in [0, 0.05) is 15.5 Å². The van der Waals surface area contributed by atoms with Crippen LogP contribution in [0.3, 0.4) is 0 Å². The monoisotopic (exact) mass is 394 g/mol. The van der Waals surface area contributed by atoms with E-state index in [4.69, 9.17) is 10.5 Å². The number of hydrogen-bond donors (Lipinski definition) is 1. The Labute approximate surface area is 128 Å². The molecule has 0 saturated heterocycles. The molecule has 2 aromatic rings. The highest BCUT2D eigenvalue weighted by molar-refractivity contribution is 14.1. The number of halogens is 1. The van der Waals surface area contributed by atoms with Crippen molar-refractivity contribution in [2.45, 2.75) is 6.73 Å². The molecule has 106 valence electrons. The summed E-state index contributed by atoms with van der Waals surface area (Å²) in [5.74, 6) is 1.63. The Kier molecular flexibility index (Phi) is 4.57. The first-order chi connectivity index (χ1) is 8.88. The smallest absolute Gasteiger partial charge is 0.148 e. The highest BCUT2D eigenvalue weighted by atomic mass is 127. The Morgan fingerprint density at radius 1 is 1.37 bits per heavy atom. The SMILES string of the molecule is CS(C)(C)CCOCn1cc(I)c2c(N)ncnc21. The van der Waals surface area contributed by atoms with E-state index in [1.165, 1.54) is 6.33 Å². The lowest BCUT2D eigenvalue weighted by molar-refractivity contribution is 0.0923. The van der Waals surface area contributed by atoms with Crippen LogP contribution in [0, 0.1) is 3.57 Å². The molecule has 0 amide bonds. The summed E-state index contributed by atoms with van der Waals surface area (Å²) in [6, 6.07) is 0. The van der Waals surface area contributed by atoms with Crippen LogP contribution in [0.15, 0.2) is 12.5 Å². The van der Waals surface area contributed by atoms with Crippen molar-refractivity contribution in [3.63, 3.8) is 0 Å². The minimum atomic E-state index is -0.504. The number of fused-ring (bicyclic) bond motifs is 1. The average Bonchev–Trinajstić information content (AvgIpc) is 2.62. The van der Waals surface area contributed by atoms with Gasteiger partial charge in [0.15, 0.2) is 0 Å². The summed E-state index contributed by atoms with van der Waals surface area (Å²) in [6.07, 6.45) is 10.4. The number of nitrogens with two attached hydrogens (primary N) is 1. The number of hydrogen-bond acceptors (Lipinski definition) is 4. The van der Waals surface area contributed by atoms with Crippen LogP contribution in [0.25, 0.3) is 11.0 Å². The zero-order valence-corrected chi connectivity index (χ0v) is 14.4. The molecule has 2 aromatic heterocycles. The first kappa shape index (κ1) is 14.9. The van der Waals surface area contributed by atoms with Crippen molar-refractivity contribution in [3.8, 4) is 0 Å². The van der Waals surface area contributed by atoms with Crippen LogP contribution in [-0.2, 0) is 11.5 Å². The summed E-state index contributed by atoms with van der Waals surface area (Å²) in [7, 11) is -0.504. The molecule has 0 atom stereocenters. The van der Waals surface area contributed by atoms with Gasteiger partial charge in [-0.1, -0.05) is 0 Å². The molecular weight excluding hydrogens is 375 g/mol. The summed E-state index contributed by atoms with van der Waals surface area (Å²) >= 11 is 2.25. The number of aromatic nitrogens is 3. The number of anilines is 1. The van der Waals surface area contributed by atoms with E-state index in [-0.39, 0.29) is 0 Å². The molecule has 5 nitrogen and oxygen atoms in total. The zero-order chi connectivity index (χ0) is 14.0. The van der Waals surface area contributed by atoms with E-state index in [2.05, 4.69) is 51.3 Å². The average molecular weight is 394 g/mol. The van der Waals surface area contributed by atoms with Crippen molar-refractivity contribution in [1.29, 1.82) is 0 Å². The van der Waals surface area contributed by atoms with Gasteiger partial charge < -0.3 is 15.0 Å². The predicted molar refractivity (Wildman–Crippen MR) is 90.8 cm³/mol. The van der Waals surface area contributed by atoms with Crippen LogP contribution in [0.2, 0.25) is 0 Å². The summed E-state index contributed by atoms with van der Waals surface area (Å²) in [6.45, 7) is 1.28. The van der Waals surface area contributed by atoms with E-state index in [0.29, 0.717) is 12.5 Å². The number of nitrogen functional groups attached to an aromatic ring is 1. The zero-order valence-electron chi connectivity index (χ0n) is 11.4. The molecule has 0 bridgehead atoms. The van der Waals surface area contributed by atoms with Crippen LogP contribution in [0.5, 0.6) is 0 Å². The first-order valence-corrected chi connectivity index (χ1v) is 9.97. The summed E-state index contributed by atoms with van der Waals surface area (Å²) in [5, 5.41) is 0.910. The summed E-state index contributed by atoms with van der Waals surface area (Å²) in [5.41, 5.74) is 6.71. The fraction of sp³-hybridized carbons (Fsp3) is 0.500. The lowest BCUT2D eigenvalue weighted by Gasteiger charge is -2.24. The Bertz CT molecular complexity index is 579. The lowest BCUT2D eigenvalue weighted by Crippen LogP contribution is -2.09. The largest absolute Gasteiger partial charge is 0.383 e. The summed E-state index contributed by atoms with van der Waals surface area (Å²) < 4.78 is 8.77. The minimum Gasteiger partial charge on any atom is -0.383 e. The van der Waals surface area contributed by atoms with E-state index < -0.39 is 10.0 Å². The Hall–Kier alpha value is -0.540. The minimum absolute atomic E-state index is 0.504. The molecular formula is C12H19IN4OS. The van der Waals surface area contributed by atoms with E-state index in [1.54, 1.807) is 0 Å². The molecule has 19 heavy (non-hydrogen) atoms. The van der Waals surface area contributed by atoms with E-state index in [0.717, 1.165) is 27.0 Å². The molecule has 0 spiro atoms. The van der Waals surface area contributed by atoms with Gasteiger partial charge in [0.2, 0.25) is 0 Å². The second-order valence-electron chi connectivity index (χ2n) is 5.24. The van der Waals surface area contributed by atoms with Gasteiger partial charge >= 0.3 is 0 Å². The topological polar surface area (TPSA) is 66.0 Å². The maximum atomic E-state index is 5.88. The molecule has 2 heterocycles. The van der Waals surface area contributed by atoms with Crippen LogP contribution in [-0.4, -0.2) is 45.7 Å². The molecule has 0 unspecified atom stereocenters. The Balaban J connectivity index is 2.08. The number of ether oxygens (including phenoxy) is 1. The molecule has 7 heteroatoms. The van der Waals surface area contributed by atoms with E-state index >= 15 is 0 Å². The summed E-state index contributed by atoms with van der Waals surface area (Å²) in [4.78, 5) is 8.30. The second kappa shape index (κ2) is 5.84. The molecule has 0 radical (unpaired) electrons. The molecule has 0 aliphatic carbocycles. The maximum absolute atomic E-state index is 5.88. The third-order valence-electron chi connectivity index (χ3n) is 2.71. The van der Waals surface area contributed by atoms with Gasteiger partial charge in [-0.15, -0.1) is 0 Å². The molecule has 0 aliphatic heterocycles. The maximum Gasteiger partial charge on any atom is 0.148 e. The first-order valence-electron chi connectivity index (χ1n) is 5.87. The van der Waals surface area contributed by atoms with Gasteiger partial charge in [-0.2, -0.15) is 0 Å². The standard InChI is InChI=1S/C12H19IN4OS/c1-19(2,3)5-4-18-8-17-6-9(13)10-11(14)15-7-16-12(10)17/h6-7H,4-5,8H2,1-3H3,(H2,14,15,16). The third-order valence-corrected chi connectivity index (χ3v) is 4.92. The van der Waals surface area contributed by atoms with Crippen molar-refractivity contribution in [1.82, 2.24) is 14.5 Å². The van der Waals surface area contributed by atoms with Gasteiger partial charge in [-0.3, -0.25) is 0 Å². The predicted octanol–water partition coefficient (Wildman–Crippen LogP) is 2.29. The van der Waals surface area contributed by atoms with E-state index in [1.807, 2.05) is 10.8 Å². The van der Waals surface area contributed by atoms with Crippen molar-refractivity contribution >= 4 is 49.5 Å². The molecule has 0 saturated carbocycles. The van der Waals surface area contributed by atoms with Gasteiger partial charge in [0.05, 0.1) is 12.0 Å². The third kappa shape index (κ3) is 3.73. The number of nitrogens with zero attached hydrogens (tertiary/aromatic N) is 3. The van der Waals surface area contributed by atoms with Gasteiger partial charge in [-0.05, 0) is 41.4 Å². The van der Waals surface area contributed by atoms with Crippen molar-refractivity contribution < 1.29 is 4.74 Å². The van der Waals surface area contributed by atoms with Gasteiger partial charge in [0.1, 0.15) is 24.5 Å². The van der Waals surface area contributed by atoms with Gasteiger partial charge in [-0.25, -0.2) is 20.0 Å². The highest BCUT2D eigenvalue weighted by Gasteiger charge is 2.11. The van der Waals surface area contributed by atoms with E-state index in [9.17, 15) is 0 Å². The molecule has 0 aliphatic rings. The Morgan fingerprint density at radius 3 is 2.79 bits per heavy atom. The van der Waals surface area contributed by atoms with Crippen molar-refractivity contribution in [3.05, 3.63) is 16.1 Å². The fourth-order valence-electron chi connectivity index (χ4n) is 1.67. The Morgan fingerprint density at radius 2 is 2.11 bits per heavy atom. The molecule has 0 aromatic carbocycles. The van der Waals surface area contributed by atoms with Crippen LogP contribution >= 0.6 is 32.6 Å². The molecule has 2 N–H and O–H groups in total. The molecule has 0 fully saturated rings.